The predicted octanol–water partition coefficient (Wildman–Crippen LogP) is 5.44. The van der Waals surface area contributed by atoms with Crippen LogP contribution in [0.5, 0.6) is 5.75 Å². The van der Waals surface area contributed by atoms with Crippen LogP contribution in [0.4, 0.5) is 0 Å². The smallest absolute Gasteiger partial charge is 0.231 e. The highest BCUT2D eigenvalue weighted by Crippen LogP contribution is 2.23. The molecular weight excluding hydrogens is 470 g/mol. The third-order valence-electron chi connectivity index (χ3n) is 5.58. The summed E-state index contributed by atoms with van der Waals surface area (Å²) in [7, 11) is 0. The number of carbonyl (C=O) groups excluding carboxylic acids is 1. The quantitative estimate of drug-likeness (QED) is 0.293. The molecule has 8 heteroatoms. The van der Waals surface area contributed by atoms with Gasteiger partial charge >= 0.3 is 0 Å². The Bertz CT molecular complexity index is 1310. The molecule has 0 saturated heterocycles. The fraction of sp³-hybridized carbons (Fsp3) is 0.214. The van der Waals surface area contributed by atoms with Gasteiger partial charge in [-0.25, -0.2) is 0 Å². The Morgan fingerprint density at radius 2 is 1.72 bits per heavy atom. The topological polar surface area (TPSA) is 92.8 Å². The maximum Gasteiger partial charge on any atom is 0.231 e. The highest BCUT2D eigenvalue weighted by atomic mass is 32.2. The van der Waals surface area contributed by atoms with Crippen molar-refractivity contribution in [2.75, 3.05) is 5.75 Å². The van der Waals surface area contributed by atoms with Gasteiger partial charge in [0.1, 0.15) is 24.7 Å². The van der Waals surface area contributed by atoms with E-state index in [1.165, 1.54) is 17.3 Å². The second-order valence-electron chi connectivity index (χ2n) is 8.49. The summed E-state index contributed by atoms with van der Waals surface area (Å²) in [5.74, 6) is 0.991. The molecule has 3 aromatic carbocycles. The van der Waals surface area contributed by atoms with Crippen LogP contribution in [0.1, 0.15) is 42.5 Å². The van der Waals surface area contributed by atoms with E-state index in [0.717, 1.165) is 11.3 Å². The number of hydrogen-bond donors (Lipinski definition) is 1. The molecule has 7 nitrogen and oxygen atoms in total. The van der Waals surface area contributed by atoms with Crippen molar-refractivity contribution >= 4 is 17.7 Å². The molecule has 0 aliphatic rings. The Kier molecular flexibility index (Phi) is 8.37. The van der Waals surface area contributed by atoms with Gasteiger partial charge in [0.25, 0.3) is 0 Å². The van der Waals surface area contributed by atoms with Crippen molar-refractivity contribution in [2.45, 2.75) is 37.6 Å². The monoisotopic (exact) mass is 497 g/mol. The first-order valence-corrected chi connectivity index (χ1v) is 12.6. The number of nitriles is 1. The summed E-state index contributed by atoms with van der Waals surface area (Å²) >= 11 is 1.27. The number of thioether (sulfide) groups is 1. The van der Waals surface area contributed by atoms with E-state index in [1.807, 2.05) is 47.0 Å². The van der Waals surface area contributed by atoms with Gasteiger partial charge in [0.15, 0.2) is 5.16 Å². The lowest BCUT2D eigenvalue weighted by Gasteiger charge is -2.13. The molecule has 182 valence electrons. The minimum Gasteiger partial charge on any atom is -0.489 e. The molecule has 4 rings (SSSR count). The van der Waals surface area contributed by atoms with Gasteiger partial charge in [-0.1, -0.05) is 80.2 Å². The van der Waals surface area contributed by atoms with Gasteiger partial charge in [-0.15, -0.1) is 10.2 Å². The molecule has 1 unspecified atom stereocenters. The molecule has 0 radical (unpaired) electrons. The third kappa shape index (κ3) is 6.52. The lowest BCUT2D eigenvalue weighted by Crippen LogP contribution is -2.29. The number of rotatable bonds is 10. The number of aromatic nitrogens is 3. The van der Waals surface area contributed by atoms with Crippen LogP contribution in [-0.2, 0) is 11.4 Å². The maximum absolute atomic E-state index is 12.6. The molecule has 0 spiro atoms. The van der Waals surface area contributed by atoms with Gasteiger partial charge in [0.05, 0.1) is 11.8 Å². The lowest BCUT2D eigenvalue weighted by molar-refractivity contribution is -0.118. The number of amides is 1. The summed E-state index contributed by atoms with van der Waals surface area (Å²) in [5.41, 5.74) is 3.94. The van der Waals surface area contributed by atoms with Gasteiger partial charge in [-0.05, 0) is 46.9 Å². The minimum atomic E-state index is -0.761. The fourth-order valence-electron chi connectivity index (χ4n) is 3.54. The zero-order valence-corrected chi connectivity index (χ0v) is 21.0. The van der Waals surface area contributed by atoms with Crippen molar-refractivity contribution in [3.63, 3.8) is 0 Å². The first-order chi connectivity index (χ1) is 17.5. The van der Waals surface area contributed by atoms with Crippen molar-refractivity contribution in [2.24, 2.45) is 0 Å². The number of nitrogens with one attached hydrogen (secondary N) is 1. The van der Waals surface area contributed by atoms with Gasteiger partial charge in [-0.3, -0.25) is 9.36 Å². The van der Waals surface area contributed by atoms with Crippen molar-refractivity contribution in [3.8, 4) is 17.5 Å². The van der Waals surface area contributed by atoms with Crippen LogP contribution < -0.4 is 10.1 Å². The summed E-state index contributed by atoms with van der Waals surface area (Å²) < 4.78 is 7.64. The lowest BCUT2D eigenvalue weighted by atomic mass is 10.0. The molecule has 0 saturated carbocycles. The summed E-state index contributed by atoms with van der Waals surface area (Å²) in [6.07, 6.45) is 1.63. The molecule has 1 aromatic heterocycles. The van der Waals surface area contributed by atoms with Gasteiger partial charge in [-0.2, -0.15) is 5.26 Å². The first kappa shape index (κ1) is 25.0. The fourth-order valence-corrected chi connectivity index (χ4v) is 4.28. The maximum atomic E-state index is 12.6. The molecule has 0 bridgehead atoms. The van der Waals surface area contributed by atoms with Gasteiger partial charge in [0.2, 0.25) is 5.91 Å². The number of hydrogen-bond acceptors (Lipinski definition) is 6. The van der Waals surface area contributed by atoms with E-state index in [0.29, 0.717) is 29.0 Å². The van der Waals surface area contributed by atoms with E-state index < -0.39 is 6.04 Å². The van der Waals surface area contributed by atoms with E-state index in [1.54, 1.807) is 30.6 Å². The molecular formula is C28H27N5O2S. The number of benzene rings is 3. The number of ether oxygens (including phenoxy) is 1. The Morgan fingerprint density at radius 3 is 2.39 bits per heavy atom. The van der Waals surface area contributed by atoms with Crippen LogP contribution in [0.3, 0.4) is 0 Å². The van der Waals surface area contributed by atoms with E-state index in [9.17, 15) is 10.1 Å². The van der Waals surface area contributed by atoms with E-state index in [-0.39, 0.29) is 11.7 Å². The third-order valence-corrected chi connectivity index (χ3v) is 6.53. The average molecular weight is 498 g/mol. The SMILES string of the molecule is CC(C)c1ccc(-n2cnnc2SCC(=O)NC(C#N)c2ccc(OCc3ccccc3)cc2)cc1. The molecule has 1 N–H and O–H groups in total. The molecule has 0 fully saturated rings. The summed E-state index contributed by atoms with van der Waals surface area (Å²) in [4.78, 5) is 12.6. The van der Waals surface area contributed by atoms with Crippen LogP contribution in [0.15, 0.2) is 90.3 Å². The van der Waals surface area contributed by atoms with Crippen LogP contribution in [0.2, 0.25) is 0 Å². The van der Waals surface area contributed by atoms with Gasteiger partial charge < -0.3 is 10.1 Å². The Hall–Kier alpha value is -4.09. The van der Waals surface area contributed by atoms with Gasteiger partial charge in [0, 0.05) is 5.69 Å². The first-order valence-electron chi connectivity index (χ1n) is 11.6. The summed E-state index contributed by atoms with van der Waals surface area (Å²) in [6, 6.07) is 26.7. The van der Waals surface area contributed by atoms with Crippen LogP contribution in [0, 0.1) is 11.3 Å². The molecule has 0 aliphatic carbocycles. The summed E-state index contributed by atoms with van der Waals surface area (Å²) in [5, 5.41) is 21.2. The number of carbonyl (C=O) groups is 1. The molecule has 1 amide bonds. The molecule has 36 heavy (non-hydrogen) atoms. The molecule has 4 aromatic rings. The Labute approximate surface area is 215 Å². The number of nitrogens with zero attached hydrogens (tertiary/aromatic N) is 4. The van der Waals surface area contributed by atoms with Crippen LogP contribution in [-0.4, -0.2) is 26.4 Å². The highest BCUT2D eigenvalue weighted by Gasteiger charge is 2.16. The van der Waals surface area contributed by atoms with Crippen LogP contribution in [0.25, 0.3) is 5.69 Å². The standard InChI is InChI=1S/C28H27N5O2S/c1-20(2)22-8-12-24(13-9-22)33-19-30-32-28(33)36-18-27(34)31-26(16-29)23-10-14-25(15-11-23)35-17-21-6-4-3-5-7-21/h3-15,19-20,26H,17-18H2,1-2H3,(H,31,34). The normalized spacial score (nSPS) is 11.6. The summed E-state index contributed by atoms with van der Waals surface area (Å²) in [6.45, 7) is 4.76. The van der Waals surface area contributed by atoms with Crippen molar-refractivity contribution in [1.29, 1.82) is 5.26 Å². The van der Waals surface area contributed by atoms with Crippen LogP contribution >= 0.6 is 11.8 Å². The minimum absolute atomic E-state index is 0.110. The van der Waals surface area contributed by atoms with Crippen molar-refractivity contribution < 1.29 is 9.53 Å². The Balaban J connectivity index is 1.31. The highest BCUT2D eigenvalue weighted by molar-refractivity contribution is 7.99. The molecule has 1 atom stereocenters. The van der Waals surface area contributed by atoms with E-state index in [2.05, 4.69) is 47.6 Å². The Morgan fingerprint density at radius 1 is 1.03 bits per heavy atom. The predicted molar refractivity (Wildman–Crippen MR) is 140 cm³/mol. The largest absolute Gasteiger partial charge is 0.489 e. The molecule has 1 heterocycles. The second-order valence-corrected chi connectivity index (χ2v) is 9.43. The average Bonchev–Trinajstić information content (AvgIpc) is 3.39. The zero-order valence-electron chi connectivity index (χ0n) is 20.2. The molecule has 0 aliphatic heterocycles. The zero-order chi connectivity index (χ0) is 25.3. The second kappa shape index (κ2) is 12.0. The van der Waals surface area contributed by atoms with Crippen molar-refractivity contribution in [1.82, 2.24) is 20.1 Å². The van der Waals surface area contributed by atoms with E-state index in [4.69, 9.17) is 4.74 Å². The van der Waals surface area contributed by atoms with Crippen molar-refractivity contribution in [3.05, 3.63) is 102 Å². The van der Waals surface area contributed by atoms with E-state index >= 15 is 0 Å².